The Balaban J connectivity index is 1.51. The van der Waals surface area contributed by atoms with Gasteiger partial charge >= 0.3 is 6.18 Å². The summed E-state index contributed by atoms with van der Waals surface area (Å²) in [6.45, 7) is 1.78. The molecule has 0 aliphatic carbocycles. The Morgan fingerprint density at radius 3 is 2.69 bits per heavy atom. The fraction of sp³-hybridized carbons (Fsp3) is 0.167. The third kappa shape index (κ3) is 3.53. The Labute approximate surface area is 162 Å². The van der Waals surface area contributed by atoms with Crippen molar-refractivity contribution in [2.75, 3.05) is 0 Å². The first-order valence-corrected chi connectivity index (χ1v) is 8.49. The summed E-state index contributed by atoms with van der Waals surface area (Å²) in [6, 6.07) is 7.57. The first-order valence-electron chi connectivity index (χ1n) is 8.49. The third-order valence-corrected chi connectivity index (χ3v) is 4.34. The maximum atomic E-state index is 12.7. The van der Waals surface area contributed by atoms with Crippen molar-refractivity contribution in [1.82, 2.24) is 34.7 Å². The summed E-state index contributed by atoms with van der Waals surface area (Å²) >= 11 is 0. The average Bonchev–Trinajstić information content (AvgIpc) is 3.29. The highest BCUT2D eigenvalue weighted by molar-refractivity contribution is 5.95. The number of amides is 1. The van der Waals surface area contributed by atoms with Gasteiger partial charge < -0.3 is 5.32 Å². The molecule has 1 N–H and O–H groups in total. The number of halogens is 3. The predicted molar refractivity (Wildman–Crippen MR) is 95.3 cm³/mol. The van der Waals surface area contributed by atoms with Crippen molar-refractivity contribution < 1.29 is 18.0 Å². The number of fused-ring (bicyclic) bond motifs is 1. The normalized spacial score (nSPS) is 11.7. The van der Waals surface area contributed by atoms with Crippen LogP contribution in [-0.4, -0.2) is 35.3 Å². The zero-order valence-electron chi connectivity index (χ0n) is 15.1. The number of rotatable bonds is 4. The van der Waals surface area contributed by atoms with Crippen LogP contribution in [0.4, 0.5) is 13.2 Å². The van der Waals surface area contributed by atoms with E-state index in [2.05, 4.69) is 25.6 Å². The number of carbonyl (C=O) groups excluding carboxylic acids is 1. The molecule has 29 heavy (non-hydrogen) atoms. The largest absolute Gasteiger partial charge is 0.417 e. The van der Waals surface area contributed by atoms with E-state index in [1.165, 1.54) is 16.9 Å². The van der Waals surface area contributed by atoms with Crippen LogP contribution < -0.4 is 5.32 Å². The fourth-order valence-corrected chi connectivity index (χ4v) is 2.81. The lowest BCUT2D eigenvalue weighted by atomic mass is 10.2. The summed E-state index contributed by atoms with van der Waals surface area (Å²) in [5.41, 5.74) is 0.528. The maximum absolute atomic E-state index is 12.7. The molecule has 0 fully saturated rings. The number of carbonyl (C=O) groups is 1. The van der Waals surface area contributed by atoms with Gasteiger partial charge in [0.25, 0.3) is 5.91 Å². The van der Waals surface area contributed by atoms with Gasteiger partial charge in [0.05, 0.1) is 29.6 Å². The zero-order valence-corrected chi connectivity index (χ0v) is 15.1. The summed E-state index contributed by atoms with van der Waals surface area (Å²) in [6.07, 6.45) is -0.615. The molecule has 148 valence electrons. The minimum absolute atomic E-state index is 0.146. The molecule has 8 nitrogen and oxygen atoms in total. The minimum Gasteiger partial charge on any atom is -0.345 e. The molecule has 0 bridgehead atoms. The van der Waals surface area contributed by atoms with Crippen LogP contribution in [0.2, 0.25) is 0 Å². The lowest BCUT2D eigenvalue weighted by Gasteiger charge is -2.08. The zero-order chi connectivity index (χ0) is 20.6. The van der Waals surface area contributed by atoms with Crippen LogP contribution in [-0.2, 0) is 12.7 Å². The summed E-state index contributed by atoms with van der Waals surface area (Å²) in [7, 11) is 0. The van der Waals surface area contributed by atoms with Crippen LogP contribution in [0.25, 0.3) is 11.5 Å². The predicted octanol–water partition coefficient (Wildman–Crippen LogP) is 2.57. The van der Waals surface area contributed by atoms with Crippen LogP contribution >= 0.6 is 0 Å². The number of hydrogen-bond acceptors (Lipinski definition) is 5. The second-order valence-corrected chi connectivity index (χ2v) is 6.19. The minimum atomic E-state index is -4.47. The SMILES string of the molecule is Cc1c(C(=O)NCc2nnc3ccccn23)cnn1-c1ccc(C(F)(F)F)cn1. The van der Waals surface area contributed by atoms with Gasteiger partial charge in [0, 0.05) is 12.4 Å². The average molecular weight is 401 g/mol. The Morgan fingerprint density at radius 1 is 1.14 bits per heavy atom. The summed E-state index contributed by atoms with van der Waals surface area (Å²) in [5, 5.41) is 14.9. The van der Waals surface area contributed by atoms with E-state index in [1.54, 1.807) is 23.6 Å². The van der Waals surface area contributed by atoms with Crippen LogP contribution in [0, 0.1) is 6.92 Å². The van der Waals surface area contributed by atoms with Gasteiger partial charge in [-0.05, 0) is 31.2 Å². The molecule has 0 atom stereocenters. The van der Waals surface area contributed by atoms with Gasteiger partial charge in [-0.3, -0.25) is 9.20 Å². The topological polar surface area (TPSA) is 90.0 Å². The standard InChI is InChI=1S/C18H14F3N7O/c1-11-13(9-24-28(11)14-6-5-12(8-22-14)18(19,20)21)17(29)23-10-16-26-25-15-4-2-3-7-27(15)16/h2-9H,10H2,1H3,(H,23,29). The molecule has 0 saturated heterocycles. The van der Waals surface area contributed by atoms with E-state index in [-0.39, 0.29) is 17.9 Å². The van der Waals surface area contributed by atoms with Gasteiger partial charge in [-0.25, -0.2) is 9.67 Å². The van der Waals surface area contributed by atoms with E-state index in [0.717, 1.165) is 12.3 Å². The van der Waals surface area contributed by atoms with E-state index in [9.17, 15) is 18.0 Å². The molecule has 0 spiro atoms. The van der Waals surface area contributed by atoms with E-state index in [1.807, 2.05) is 12.1 Å². The second-order valence-electron chi connectivity index (χ2n) is 6.19. The Kier molecular flexibility index (Phi) is 4.49. The first-order chi connectivity index (χ1) is 13.8. The first kappa shape index (κ1) is 18.6. The number of aromatic nitrogens is 6. The highest BCUT2D eigenvalue weighted by Gasteiger charge is 2.30. The van der Waals surface area contributed by atoms with Gasteiger partial charge in [0.2, 0.25) is 0 Å². The molecule has 0 aliphatic heterocycles. The number of pyridine rings is 2. The molecule has 0 radical (unpaired) electrons. The molecular weight excluding hydrogens is 387 g/mol. The molecule has 4 aromatic heterocycles. The number of alkyl halides is 3. The molecule has 1 amide bonds. The van der Waals surface area contributed by atoms with Crippen molar-refractivity contribution >= 4 is 11.6 Å². The van der Waals surface area contributed by atoms with Crippen LogP contribution in [0.3, 0.4) is 0 Å². The molecule has 0 saturated carbocycles. The van der Waals surface area contributed by atoms with Crippen molar-refractivity contribution in [3.8, 4) is 5.82 Å². The number of nitrogens with one attached hydrogen (secondary N) is 1. The Hall–Kier alpha value is -3.76. The van der Waals surface area contributed by atoms with Gasteiger partial charge in [-0.15, -0.1) is 10.2 Å². The fourth-order valence-electron chi connectivity index (χ4n) is 2.81. The molecule has 4 rings (SSSR count). The molecule has 4 aromatic rings. The van der Waals surface area contributed by atoms with Crippen LogP contribution in [0.5, 0.6) is 0 Å². The van der Waals surface area contributed by atoms with Gasteiger partial charge in [-0.1, -0.05) is 6.07 Å². The van der Waals surface area contributed by atoms with E-state index >= 15 is 0 Å². The van der Waals surface area contributed by atoms with E-state index < -0.39 is 17.6 Å². The second kappa shape index (κ2) is 7.00. The monoisotopic (exact) mass is 401 g/mol. The van der Waals surface area contributed by atoms with E-state index in [4.69, 9.17) is 0 Å². The van der Waals surface area contributed by atoms with Crippen molar-refractivity contribution in [2.24, 2.45) is 0 Å². The van der Waals surface area contributed by atoms with Crippen molar-refractivity contribution in [3.63, 3.8) is 0 Å². The summed E-state index contributed by atoms with van der Waals surface area (Å²) in [5.74, 6) is 0.342. The summed E-state index contributed by atoms with van der Waals surface area (Å²) < 4.78 is 41.1. The lowest BCUT2D eigenvalue weighted by molar-refractivity contribution is -0.137. The Morgan fingerprint density at radius 2 is 1.97 bits per heavy atom. The molecular formula is C18H14F3N7O. The molecule has 0 unspecified atom stereocenters. The number of nitrogens with zero attached hydrogens (tertiary/aromatic N) is 6. The van der Waals surface area contributed by atoms with E-state index in [0.29, 0.717) is 17.2 Å². The molecule has 0 aromatic carbocycles. The molecule has 11 heteroatoms. The number of hydrogen-bond donors (Lipinski definition) is 1. The van der Waals surface area contributed by atoms with Crippen molar-refractivity contribution in [3.05, 3.63) is 71.6 Å². The molecule has 0 aliphatic rings. The Bertz CT molecular complexity index is 1180. The smallest absolute Gasteiger partial charge is 0.345 e. The quantitative estimate of drug-likeness (QED) is 0.568. The maximum Gasteiger partial charge on any atom is 0.417 e. The third-order valence-electron chi connectivity index (χ3n) is 4.34. The van der Waals surface area contributed by atoms with Crippen LogP contribution in [0.1, 0.15) is 27.4 Å². The van der Waals surface area contributed by atoms with Gasteiger partial charge in [-0.2, -0.15) is 18.3 Å². The highest BCUT2D eigenvalue weighted by Crippen LogP contribution is 2.28. The summed E-state index contributed by atoms with van der Waals surface area (Å²) in [4.78, 5) is 16.3. The van der Waals surface area contributed by atoms with Gasteiger partial charge in [0.15, 0.2) is 17.3 Å². The highest BCUT2D eigenvalue weighted by atomic mass is 19.4. The van der Waals surface area contributed by atoms with Crippen molar-refractivity contribution in [1.29, 1.82) is 0 Å². The van der Waals surface area contributed by atoms with Crippen LogP contribution in [0.15, 0.2) is 48.9 Å². The molecule has 4 heterocycles. The van der Waals surface area contributed by atoms with Crippen molar-refractivity contribution in [2.45, 2.75) is 19.6 Å². The van der Waals surface area contributed by atoms with Gasteiger partial charge in [0.1, 0.15) is 0 Å². The lowest BCUT2D eigenvalue weighted by Crippen LogP contribution is -2.24.